The van der Waals surface area contributed by atoms with Crippen molar-refractivity contribution in [2.24, 2.45) is 12.8 Å². The molecule has 1 aromatic carbocycles. The van der Waals surface area contributed by atoms with E-state index in [1.807, 2.05) is 30.7 Å². The van der Waals surface area contributed by atoms with Crippen LogP contribution in [0.3, 0.4) is 0 Å². The number of hydrogen-bond donors (Lipinski definition) is 2. The molecule has 2 aromatic rings. The molecule has 1 unspecified atom stereocenters. The zero-order valence-electron chi connectivity index (χ0n) is 11.7. The summed E-state index contributed by atoms with van der Waals surface area (Å²) in [6.07, 6.45) is -0.679. The lowest BCUT2D eigenvalue weighted by molar-refractivity contribution is 0.187. The minimum absolute atomic E-state index is 0.189. The zero-order chi connectivity index (χ0) is 14.2. The van der Waals surface area contributed by atoms with Gasteiger partial charge in [-0.3, -0.25) is 0 Å². The van der Waals surface area contributed by atoms with Gasteiger partial charge in [-0.15, -0.1) is 0 Å². The molecule has 0 amide bonds. The lowest BCUT2D eigenvalue weighted by Crippen LogP contribution is -2.12. The molecule has 5 nitrogen and oxygen atoms in total. The number of benzene rings is 1. The van der Waals surface area contributed by atoms with Crippen molar-refractivity contribution >= 4 is 10.9 Å². The predicted octanol–water partition coefficient (Wildman–Crippen LogP) is 1.50. The Balaban J connectivity index is 2.80. The number of rotatable bonds is 4. The maximum Gasteiger partial charge on any atom is 0.162 e. The number of fused-ring (bicyclic) bond motifs is 1. The van der Waals surface area contributed by atoms with Gasteiger partial charge in [-0.05, 0) is 13.0 Å². The largest absolute Gasteiger partial charge is 0.493 e. The quantitative estimate of drug-likeness (QED) is 0.878. The minimum Gasteiger partial charge on any atom is -0.493 e. The van der Waals surface area contributed by atoms with E-state index >= 15 is 0 Å². The van der Waals surface area contributed by atoms with E-state index in [0.29, 0.717) is 11.5 Å². The van der Waals surface area contributed by atoms with Crippen molar-refractivity contribution in [3.8, 4) is 11.5 Å². The lowest BCUT2D eigenvalue weighted by Gasteiger charge is -2.10. The Hall–Kier alpha value is -1.72. The molecule has 0 bridgehead atoms. The molecule has 0 spiro atoms. The van der Waals surface area contributed by atoms with Crippen LogP contribution in [0.4, 0.5) is 0 Å². The smallest absolute Gasteiger partial charge is 0.162 e. The standard InChI is InChI=1S/C14H20N2O3/c1-8-14(11(17)7-15)9-5-12(18-3)13(19-4)6-10(9)16(8)2/h5-6,11,17H,7,15H2,1-4H3. The Bertz CT molecular complexity index is 604. The van der Waals surface area contributed by atoms with E-state index in [9.17, 15) is 5.11 Å². The highest BCUT2D eigenvalue weighted by Crippen LogP contribution is 2.37. The molecule has 5 heteroatoms. The molecule has 0 aliphatic heterocycles. The summed E-state index contributed by atoms with van der Waals surface area (Å²) < 4.78 is 12.6. The second-order valence-electron chi connectivity index (χ2n) is 4.53. The van der Waals surface area contributed by atoms with Crippen LogP contribution in [-0.4, -0.2) is 30.4 Å². The summed E-state index contributed by atoms with van der Waals surface area (Å²) in [7, 11) is 5.16. The first-order valence-corrected chi connectivity index (χ1v) is 6.14. The summed E-state index contributed by atoms with van der Waals surface area (Å²) in [6, 6.07) is 3.79. The number of hydrogen-bond acceptors (Lipinski definition) is 4. The van der Waals surface area contributed by atoms with E-state index in [1.54, 1.807) is 14.2 Å². The summed E-state index contributed by atoms with van der Waals surface area (Å²) in [5.41, 5.74) is 8.41. The number of nitrogens with zero attached hydrogens (tertiary/aromatic N) is 1. The second-order valence-corrected chi connectivity index (χ2v) is 4.53. The Morgan fingerprint density at radius 3 is 2.37 bits per heavy atom. The third-order valence-corrected chi connectivity index (χ3v) is 3.60. The second kappa shape index (κ2) is 5.11. The molecule has 1 aromatic heterocycles. The van der Waals surface area contributed by atoms with Gasteiger partial charge in [-0.2, -0.15) is 0 Å². The molecule has 104 valence electrons. The van der Waals surface area contributed by atoms with E-state index in [-0.39, 0.29) is 6.54 Å². The van der Waals surface area contributed by atoms with Crippen LogP contribution in [0.1, 0.15) is 17.4 Å². The number of methoxy groups -OCH3 is 2. The van der Waals surface area contributed by atoms with E-state index in [0.717, 1.165) is 22.2 Å². The number of aryl methyl sites for hydroxylation is 1. The van der Waals surface area contributed by atoms with Gasteiger partial charge in [0.1, 0.15) is 0 Å². The van der Waals surface area contributed by atoms with Crippen LogP contribution < -0.4 is 15.2 Å². The van der Waals surface area contributed by atoms with Crippen molar-refractivity contribution in [3.05, 3.63) is 23.4 Å². The van der Waals surface area contributed by atoms with Gasteiger partial charge in [0.2, 0.25) is 0 Å². The number of nitrogens with two attached hydrogens (primary N) is 1. The highest BCUT2D eigenvalue weighted by Gasteiger charge is 2.20. The summed E-state index contributed by atoms with van der Waals surface area (Å²) in [5, 5.41) is 11.0. The van der Waals surface area contributed by atoms with Crippen molar-refractivity contribution < 1.29 is 14.6 Å². The fraction of sp³-hybridized carbons (Fsp3) is 0.429. The van der Waals surface area contributed by atoms with Crippen molar-refractivity contribution in [1.29, 1.82) is 0 Å². The predicted molar refractivity (Wildman–Crippen MR) is 74.8 cm³/mol. The highest BCUT2D eigenvalue weighted by atomic mass is 16.5. The van der Waals surface area contributed by atoms with Gasteiger partial charge in [0.05, 0.1) is 25.8 Å². The lowest BCUT2D eigenvalue weighted by atomic mass is 10.0. The molecular formula is C14H20N2O3. The summed E-state index contributed by atoms with van der Waals surface area (Å²) in [6.45, 7) is 2.15. The van der Waals surface area contributed by atoms with Crippen LogP contribution in [0.25, 0.3) is 10.9 Å². The van der Waals surface area contributed by atoms with Crippen LogP contribution in [0.15, 0.2) is 12.1 Å². The molecule has 2 rings (SSSR count). The van der Waals surface area contributed by atoms with Gasteiger partial charge in [0.25, 0.3) is 0 Å². The molecule has 1 heterocycles. The minimum atomic E-state index is -0.679. The third-order valence-electron chi connectivity index (χ3n) is 3.60. The van der Waals surface area contributed by atoms with Gasteiger partial charge < -0.3 is 24.9 Å². The normalized spacial score (nSPS) is 12.7. The Morgan fingerprint density at radius 2 is 1.84 bits per heavy atom. The first kappa shape index (κ1) is 13.7. The number of aliphatic hydroxyl groups is 1. The Labute approximate surface area is 112 Å². The van der Waals surface area contributed by atoms with Crippen LogP contribution in [0.2, 0.25) is 0 Å². The van der Waals surface area contributed by atoms with Crippen molar-refractivity contribution in [2.45, 2.75) is 13.0 Å². The Kier molecular flexibility index (Phi) is 3.68. The van der Waals surface area contributed by atoms with Crippen LogP contribution in [0.5, 0.6) is 11.5 Å². The molecule has 19 heavy (non-hydrogen) atoms. The van der Waals surface area contributed by atoms with Gasteiger partial charge >= 0.3 is 0 Å². The van der Waals surface area contributed by atoms with Crippen LogP contribution in [-0.2, 0) is 7.05 Å². The van der Waals surface area contributed by atoms with Crippen LogP contribution in [0, 0.1) is 6.92 Å². The SMILES string of the molecule is COc1cc2c(C(O)CN)c(C)n(C)c2cc1OC. The van der Waals surface area contributed by atoms with E-state index in [2.05, 4.69) is 0 Å². The van der Waals surface area contributed by atoms with Crippen molar-refractivity contribution in [2.75, 3.05) is 20.8 Å². The summed E-state index contributed by atoms with van der Waals surface area (Å²) >= 11 is 0. The maximum absolute atomic E-state index is 10.1. The van der Waals surface area contributed by atoms with Gasteiger partial charge in [-0.1, -0.05) is 0 Å². The number of ether oxygens (including phenoxy) is 2. The first-order valence-electron chi connectivity index (χ1n) is 6.14. The average molecular weight is 264 g/mol. The number of aliphatic hydroxyl groups excluding tert-OH is 1. The molecule has 0 fully saturated rings. The molecule has 3 N–H and O–H groups in total. The first-order chi connectivity index (χ1) is 9.04. The molecule has 0 saturated carbocycles. The zero-order valence-corrected chi connectivity index (χ0v) is 11.7. The van der Waals surface area contributed by atoms with Gasteiger partial charge in [-0.25, -0.2) is 0 Å². The highest BCUT2D eigenvalue weighted by molar-refractivity contribution is 5.89. The summed E-state index contributed by atoms with van der Waals surface area (Å²) in [5.74, 6) is 1.32. The molecular weight excluding hydrogens is 244 g/mol. The van der Waals surface area contributed by atoms with Crippen LogP contribution >= 0.6 is 0 Å². The molecule has 1 atom stereocenters. The molecule has 0 radical (unpaired) electrons. The fourth-order valence-electron chi connectivity index (χ4n) is 2.46. The average Bonchev–Trinajstić information content (AvgIpc) is 2.68. The topological polar surface area (TPSA) is 69.6 Å². The van der Waals surface area contributed by atoms with Gasteiger partial charge in [0.15, 0.2) is 11.5 Å². The molecule has 0 aliphatic carbocycles. The maximum atomic E-state index is 10.1. The third kappa shape index (κ3) is 2.05. The summed E-state index contributed by atoms with van der Waals surface area (Å²) in [4.78, 5) is 0. The van der Waals surface area contributed by atoms with Crippen molar-refractivity contribution in [3.63, 3.8) is 0 Å². The molecule has 0 aliphatic rings. The monoisotopic (exact) mass is 264 g/mol. The Morgan fingerprint density at radius 1 is 1.26 bits per heavy atom. The van der Waals surface area contributed by atoms with Crippen molar-refractivity contribution in [1.82, 2.24) is 4.57 Å². The van der Waals surface area contributed by atoms with E-state index in [4.69, 9.17) is 15.2 Å². The fourth-order valence-corrected chi connectivity index (χ4v) is 2.46. The van der Waals surface area contributed by atoms with E-state index in [1.165, 1.54) is 0 Å². The number of aromatic nitrogens is 1. The van der Waals surface area contributed by atoms with E-state index < -0.39 is 6.10 Å². The molecule has 0 saturated heterocycles. The van der Waals surface area contributed by atoms with Gasteiger partial charge in [0, 0.05) is 36.3 Å².